The lowest BCUT2D eigenvalue weighted by Gasteiger charge is -2.37. The van der Waals surface area contributed by atoms with Gasteiger partial charge in [0.2, 0.25) is 0 Å². The van der Waals surface area contributed by atoms with E-state index in [1.807, 2.05) is 12.1 Å². The molecule has 2 saturated heterocycles. The molecule has 0 saturated carbocycles. The van der Waals surface area contributed by atoms with Gasteiger partial charge in [0.1, 0.15) is 51.4 Å². The molecular formula is C21H36ClN4O2+3. The van der Waals surface area contributed by atoms with E-state index in [1.165, 1.54) is 15.4 Å². The molecule has 3 rings (SSSR count). The summed E-state index contributed by atoms with van der Waals surface area (Å²) in [6.07, 6.45) is 0. The van der Waals surface area contributed by atoms with Gasteiger partial charge in [-0.3, -0.25) is 4.79 Å². The van der Waals surface area contributed by atoms with Gasteiger partial charge in [-0.25, -0.2) is 0 Å². The van der Waals surface area contributed by atoms with Crippen LogP contribution in [0.2, 0.25) is 5.02 Å². The first-order chi connectivity index (χ1) is 13.4. The van der Waals surface area contributed by atoms with E-state index in [1.54, 1.807) is 4.90 Å². The number of ether oxygens (including phenoxy) is 1. The molecule has 6 nitrogen and oxygen atoms in total. The zero-order valence-electron chi connectivity index (χ0n) is 17.3. The molecule has 0 spiro atoms. The summed E-state index contributed by atoms with van der Waals surface area (Å²) in [4.78, 5) is 17.0. The van der Waals surface area contributed by atoms with E-state index in [9.17, 15) is 4.79 Å². The Kier molecular flexibility index (Phi) is 7.71. The average molecular weight is 412 g/mol. The van der Waals surface area contributed by atoms with E-state index in [0.717, 1.165) is 70.6 Å². The molecule has 28 heavy (non-hydrogen) atoms. The number of carbonyl (C=O) groups is 1. The van der Waals surface area contributed by atoms with E-state index in [0.29, 0.717) is 6.54 Å². The number of halogens is 1. The first kappa shape index (κ1) is 21.5. The number of hydrogen-bond donors (Lipinski definition) is 4. The summed E-state index contributed by atoms with van der Waals surface area (Å²) in [5.74, 6) is 0.178. The van der Waals surface area contributed by atoms with Crippen molar-refractivity contribution in [3.05, 3.63) is 34.9 Å². The average Bonchev–Trinajstić information content (AvgIpc) is 2.70. The fourth-order valence-electron chi connectivity index (χ4n) is 4.23. The molecule has 0 radical (unpaired) electrons. The third-order valence-electron chi connectivity index (χ3n) is 6.22. The summed E-state index contributed by atoms with van der Waals surface area (Å²) < 4.78 is 5.45. The van der Waals surface area contributed by atoms with Crippen molar-refractivity contribution >= 4 is 17.5 Å². The van der Waals surface area contributed by atoms with Crippen LogP contribution in [0, 0.1) is 0 Å². The zero-order chi connectivity index (χ0) is 20.0. The summed E-state index contributed by atoms with van der Waals surface area (Å²) in [7, 11) is 0. The van der Waals surface area contributed by atoms with Crippen LogP contribution in [-0.2, 0) is 16.1 Å². The Morgan fingerprint density at radius 2 is 1.64 bits per heavy atom. The summed E-state index contributed by atoms with van der Waals surface area (Å²) in [5, 5.41) is 3.97. The van der Waals surface area contributed by atoms with Crippen LogP contribution in [0.25, 0.3) is 0 Å². The molecule has 0 aliphatic carbocycles. The number of morpholine rings is 1. The summed E-state index contributed by atoms with van der Waals surface area (Å²) in [6.45, 7) is 14.8. The third-order valence-corrected chi connectivity index (χ3v) is 6.48. The predicted molar refractivity (Wildman–Crippen MR) is 110 cm³/mol. The Bertz CT molecular complexity index is 624. The zero-order valence-corrected chi connectivity index (χ0v) is 18.0. The van der Waals surface area contributed by atoms with Crippen LogP contribution < -0.4 is 20.0 Å². The van der Waals surface area contributed by atoms with Gasteiger partial charge < -0.3 is 24.8 Å². The predicted octanol–water partition coefficient (Wildman–Crippen LogP) is -2.57. The summed E-state index contributed by atoms with van der Waals surface area (Å²) in [6, 6.07) is 8.14. The maximum Gasteiger partial charge on any atom is 0.275 e. The first-order valence-electron chi connectivity index (χ1n) is 10.5. The second-order valence-corrected chi connectivity index (χ2v) is 9.29. The summed E-state index contributed by atoms with van der Waals surface area (Å²) >= 11 is 5.96. The molecule has 4 N–H and O–H groups in total. The van der Waals surface area contributed by atoms with Crippen LogP contribution in [0.4, 0.5) is 0 Å². The number of amides is 1. The minimum absolute atomic E-state index is 0.0518. The maximum atomic E-state index is 12.5. The van der Waals surface area contributed by atoms with Gasteiger partial charge in [0, 0.05) is 10.6 Å². The number of piperazine rings is 1. The fourth-order valence-corrected chi connectivity index (χ4v) is 4.36. The minimum atomic E-state index is 0.0518. The highest BCUT2D eigenvalue weighted by molar-refractivity contribution is 6.30. The highest BCUT2D eigenvalue weighted by atomic mass is 35.5. The van der Waals surface area contributed by atoms with Crippen molar-refractivity contribution < 1.29 is 24.2 Å². The van der Waals surface area contributed by atoms with Gasteiger partial charge in [-0.05, 0) is 26.0 Å². The van der Waals surface area contributed by atoms with Gasteiger partial charge in [-0.15, -0.1) is 0 Å². The number of carbonyl (C=O) groups excluding carboxylic acids is 1. The molecular weight excluding hydrogens is 376 g/mol. The lowest BCUT2D eigenvalue weighted by molar-refractivity contribution is -1.02. The quantitative estimate of drug-likeness (QED) is 0.399. The standard InChI is InChI=1S/C21H33ClN4O2/c1-21(2,26-11-13-28-14-12-26)17-23-20(27)16-25-9-7-24(8-10-25)15-18-3-5-19(22)6-4-18/h3-6H,7-17H2,1-2H3,(H,23,27)/p+3. The fraction of sp³-hybridized carbons (Fsp3) is 0.667. The van der Waals surface area contributed by atoms with Crippen molar-refractivity contribution in [2.75, 3.05) is 65.6 Å². The van der Waals surface area contributed by atoms with Gasteiger partial charge in [0.05, 0.1) is 19.8 Å². The molecule has 1 aromatic carbocycles. The molecule has 0 aromatic heterocycles. The minimum Gasteiger partial charge on any atom is -0.370 e. The van der Waals surface area contributed by atoms with Gasteiger partial charge in [0.25, 0.3) is 5.91 Å². The Morgan fingerprint density at radius 1 is 1.04 bits per heavy atom. The van der Waals surface area contributed by atoms with Gasteiger partial charge in [-0.2, -0.15) is 0 Å². The Hall–Kier alpha value is -1.18. The highest BCUT2D eigenvalue weighted by Crippen LogP contribution is 2.08. The number of nitrogens with one attached hydrogen (secondary N) is 4. The van der Waals surface area contributed by atoms with Gasteiger partial charge in [0.15, 0.2) is 6.54 Å². The van der Waals surface area contributed by atoms with Crippen LogP contribution in [-0.4, -0.2) is 77.0 Å². The Labute approximate surface area is 173 Å². The Balaban J connectivity index is 1.35. The lowest BCUT2D eigenvalue weighted by Crippen LogP contribution is -3.28. The van der Waals surface area contributed by atoms with Crippen LogP contribution in [0.5, 0.6) is 0 Å². The van der Waals surface area contributed by atoms with E-state index in [2.05, 4.69) is 31.3 Å². The second-order valence-electron chi connectivity index (χ2n) is 8.86. The molecule has 0 unspecified atom stereocenters. The van der Waals surface area contributed by atoms with Crippen molar-refractivity contribution in [2.24, 2.45) is 0 Å². The smallest absolute Gasteiger partial charge is 0.275 e. The molecule has 7 heteroatoms. The van der Waals surface area contributed by atoms with Crippen molar-refractivity contribution in [1.82, 2.24) is 5.32 Å². The van der Waals surface area contributed by atoms with Crippen LogP contribution in [0.15, 0.2) is 24.3 Å². The molecule has 2 fully saturated rings. The van der Waals surface area contributed by atoms with E-state index in [-0.39, 0.29) is 11.4 Å². The van der Waals surface area contributed by atoms with Crippen LogP contribution in [0.3, 0.4) is 0 Å². The molecule has 1 aromatic rings. The maximum absolute atomic E-state index is 12.5. The number of hydrogen-bond acceptors (Lipinski definition) is 2. The topological polar surface area (TPSA) is 51.6 Å². The molecule has 0 atom stereocenters. The van der Waals surface area contributed by atoms with Crippen molar-refractivity contribution in [3.8, 4) is 0 Å². The number of benzene rings is 1. The molecule has 156 valence electrons. The molecule has 0 bridgehead atoms. The van der Waals surface area contributed by atoms with Crippen LogP contribution in [0.1, 0.15) is 19.4 Å². The van der Waals surface area contributed by atoms with Crippen LogP contribution >= 0.6 is 11.6 Å². The number of rotatable bonds is 7. The highest BCUT2D eigenvalue weighted by Gasteiger charge is 2.33. The van der Waals surface area contributed by atoms with E-state index in [4.69, 9.17) is 16.3 Å². The summed E-state index contributed by atoms with van der Waals surface area (Å²) in [5.41, 5.74) is 1.38. The molecule has 2 aliphatic heterocycles. The molecule has 1 amide bonds. The SMILES string of the molecule is CC(C)(CNC(=O)C[NH+]1CC[NH+](Cc2ccc(Cl)cc2)CC1)[NH+]1CCOCC1. The third kappa shape index (κ3) is 6.42. The molecule has 2 heterocycles. The Morgan fingerprint density at radius 3 is 2.29 bits per heavy atom. The largest absolute Gasteiger partial charge is 0.370 e. The lowest BCUT2D eigenvalue weighted by atomic mass is 10.0. The van der Waals surface area contributed by atoms with Gasteiger partial charge >= 0.3 is 0 Å². The van der Waals surface area contributed by atoms with Crippen molar-refractivity contribution in [3.63, 3.8) is 0 Å². The van der Waals surface area contributed by atoms with Crippen molar-refractivity contribution in [2.45, 2.75) is 25.9 Å². The van der Waals surface area contributed by atoms with Crippen molar-refractivity contribution in [1.29, 1.82) is 0 Å². The monoisotopic (exact) mass is 411 g/mol. The second kappa shape index (κ2) is 10.0. The molecule has 2 aliphatic rings. The van der Waals surface area contributed by atoms with E-state index < -0.39 is 0 Å². The van der Waals surface area contributed by atoms with E-state index >= 15 is 0 Å². The normalized spacial score (nSPS) is 24.1. The first-order valence-corrected chi connectivity index (χ1v) is 10.9. The number of quaternary nitrogens is 3. The van der Waals surface area contributed by atoms with Gasteiger partial charge in [-0.1, -0.05) is 23.7 Å².